The SMILES string of the molecule is CCC1(CC)CCN(CC(C#N)(NC2CC2)C2CC2)CC1. The van der Waals surface area contributed by atoms with Crippen molar-refractivity contribution in [1.29, 1.82) is 5.26 Å². The van der Waals surface area contributed by atoms with Crippen molar-refractivity contribution in [1.82, 2.24) is 10.2 Å². The van der Waals surface area contributed by atoms with Crippen molar-refractivity contribution in [2.45, 2.75) is 76.8 Å². The van der Waals surface area contributed by atoms with Crippen LogP contribution in [0, 0.1) is 22.7 Å². The van der Waals surface area contributed by atoms with Gasteiger partial charge in [0.15, 0.2) is 0 Å². The van der Waals surface area contributed by atoms with E-state index in [4.69, 9.17) is 0 Å². The topological polar surface area (TPSA) is 39.1 Å². The number of likely N-dealkylation sites (tertiary alicyclic amines) is 1. The van der Waals surface area contributed by atoms with Crippen LogP contribution in [-0.2, 0) is 0 Å². The molecule has 3 rings (SSSR count). The Hall–Kier alpha value is -0.590. The van der Waals surface area contributed by atoms with Gasteiger partial charge in [-0.05, 0) is 62.9 Å². The lowest BCUT2D eigenvalue weighted by Gasteiger charge is -2.43. The lowest BCUT2D eigenvalue weighted by molar-refractivity contribution is 0.0768. The molecule has 1 saturated heterocycles. The van der Waals surface area contributed by atoms with E-state index in [1.165, 1.54) is 64.5 Å². The van der Waals surface area contributed by atoms with E-state index in [2.05, 4.69) is 30.1 Å². The van der Waals surface area contributed by atoms with Crippen molar-refractivity contribution in [2.75, 3.05) is 19.6 Å². The summed E-state index contributed by atoms with van der Waals surface area (Å²) in [5.41, 5.74) is 0.328. The summed E-state index contributed by atoms with van der Waals surface area (Å²) < 4.78 is 0. The smallest absolute Gasteiger partial charge is 0.122 e. The van der Waals surface area contributed by atoms with Crippen LogP contribution in [-0.4, -0.2) is 36.1 Å². The first-order chi connectivity index (χ1) is 10.2. The summed E-state index contributed by atoms with van der Waals surface area (Å²) in [5.74, 6) is 0.604. The molecule has 3 aliphatic rings. The number of hydrogen-bond donors (Lipinski definition) is 1. The lowest BCUT2D eigenvalue weighted by atomic mass is 9.74. The predicted molar refractivity (Wildman–Crippen MR) is 85.9 cm³/mol. The van der Waals surface area contributed by atoms with Crippen LogP contribution >= 0.6 is 0 Å². The molecular weight excluding hydrogens is 258 g/mol. The fraction of sp³-hybridized carbons (Fsp3) is 0.944. The first-order valence-electron chi connectivity index (χ1n) is 9.06. The minimum Gasteiger partial charge on any atom is -0.300 e. The minimum absolute atomic E-state index is 0.250. The summed E-state index contributed by atoms with van der Waals surface area (Å²) in [6.07, 6.45) is 10.3. The van der Waals surface area contributed by atoms with Gasteiger partial charge in [0.05, 0.1) is 6.07 Å². The van der Waals surface area contributed by atoms with Gasteiger partial charge in [0.2, 0.25) is 0 Å². The summed E-state index contributed by atoms with van der Waals surface area (Å²) in [6, 6.07) is 3.32. The van der Waals surface area contributed by atoms with E-state index < -0.39 is 0 Å². The number of nitrogens with zero attached hydrogens (tertiary/aromatic N) is 2. The molecule has 1 aliphatic heterocycles. The molecule has 1 atom stereocenters. The van der Waals surface area contributed by atoms with Gasteiger partial charge in [0.25, 0.3) is 0 Å². The van der Waals surface area contributed by atoms with E-state index >= 15 is 0 Å². The highest BCUT2D eigenvalue weighted by molar-refractivity contribution is 5.18. The molecule has 3 heteroatoms. The second-order valence-electron chi connectivity index (χ2n) is 7.76. The standard InChI is InChI=1S/C18H31N3/c1-3-17(4-2)9-11-21(12-10-17)14-18(13-19,15-5-6-15)20-16-7-8-16/h15-16,20H,3-12,14H2,1-2H3. The molecule has 1 heterocycles. The van der Waals surface area contributed by atoms with E-state index in [1.54, 1.807) is 0 Å². The Labute approximate surface area is 130 Å². The molecule has 2 saturated carbocycles. The van der Waals surface area contributed by atoms with Crippen molar-refractivity contribution >= 4 is 0 Å². The van der Waals surface area contributed by atoms with Crippen molar-refractivity contribution in [3.63, 3.8) is 0 Å². The molecule has 0 bridgehead atoms. The van der Waals surface area contributed by atoms with Crippen LogP contribution in [0.4, 0.5) is 0 Å². The van der Waals surface area contributed by atoms with E-state index in [0.29, 0.717) is 17.4 Å². The third-order valence-electron chi connectivity index (χ3n) is 6.40. The van der Waals surface area contributed by atoms with Crippen molar-refractivity contribution < 1.29 is 0 Å². The second kappa shape index (κ2) is 5.89. The van der Waals surface area contributed by atoms with Crippen LogP contribution in [0.1, 0.15) is 65.2 Å². The molecule has 0 amide bonds. The highest BCUT2D eigenvalue weighted by Gasteiger charge is 2.49. The number of hydrogen-bond acceptors (Lipinski definition) is 3. The highest BCUT2D eigenvalue weighted by Crippen LogP contribution is 2.43. The summed E-state index contributed by atoms with van der Waals surface area (Å²) >= 11 is 0. The van der Waals surface area contributed by atoms with Crippen LogP contribution in [0.25, 0.3) is 0 Å². The van der Waals surface area contributed by atoms with Crippen LogP contribution in [0.3, 0.4) is 0 Å². The summed E-state index contributed by atoms with van der Waals surface area (Å²) in [5, 5.41) is 13.6. The molecule has 0 aromatic carbocycles. The Kier molecular flexibility index (Phi) is 4.30. The van der Waals surface area contributed by atoms with Gasteiger partial charge in [-0.25, -0.2) is 0 Å². The number of rotatable bonds is 7. The van der Waals surface area contributed by atoms with Crippen molar-refractivity contribution in [2.24, 2.45) is 11.3 Å². The summed E-state index contributed by atoms with van der Waals surface area (Å²) in [4.78, 5) is 2.57. The Balaban J connectivity index is 1.60. The summed E-state index contributed by atoms with van der Waals surface area (Å²) in [7, 11) is 0. The molecule has 1 N–H and O–H groups in total. The van der Waals surface area contributed by atoms with Gasteiger partial charge in [-0.1, -0.05) is 26.7 Å². The summed E-state index contributed by atoms with van der Waals surface area (Å²) in [6.45, 7) is 8.01. The second-order valence-corrected chi connectivity index (χ2v) is 7.76. The molecule has 2 aliphatic carbocycles. The van der Waals surface area contributed by atoms with E-state index in [1.807, 2.05) is 0 Å². The maximum atomic E-state index is 9.85. The van der Waals surface area contributed by atoms with Gasteiger partial charge < -0.3 is 4.90 Å². The zero-order valence-corrected chi connectivity index (χ0v) is 13.8. The molecule has 118 valence electrons. The predicted octanol–water partition coefficient (Wildman–Crippen LogP) is 3.31. The molecule has 3 fully saturated rings. The van der Waals surface area contributed by atoms with Gasteiger partial charge >= 0.3 is 0 Å². The average molecular weight is 289 g/mol. The molecule has 21 heavy (non-hydrogen) atoms. The number of piperidine rings is 1. The first kappa shape index (κ1) is 15.3. The quantitative estimate of drug-likeness (QED) is 0.781. The molecular formula is C18H31N3. The van der Waals surface area contributed by atoms with Crippen molar-refractivity contribution in [3.05, 3.63) is 0 Å². The Bertz CT molecular complexity index is 391. The normalized spacial score (nSPS) is 28.8. The minimum atomic E-state index is -0.250. The third kappa shape index (κ3) is 3.27. The highest BCUT2D eigenvalue weighted by atomic mass is 15.2. The van der Waals surface area contributed by atoms with E-state index in [0.717, 1.165) is 6.54 Å². The van der Waals surface area contributed by atoms with Crippen LogP contribution < -0.4 is 5.32 Å². The van der Waals surface area contributed by atoms with Gasteiger partial charge in [-0.15, -0.1) is 0 Å². The Morgan fingerprint density at radius 2 is 1.76 bits per heavy atom. The largest absolute Gasteiger partial charge is 0.300 e. The third-order valence-corrected chi connectivity index (χ3v) is 6.40. The van der Waals surface area contributed by atoms with E-state index in [-0.39, 0.29) is 5.54 Å². The Morgan fingerprint density at radius 1 is 1.14 bits per heavy atom. The van der Waals surface area contributed by atoms with Crippen molar-refractivity contribution in [3.8, 4) is 6.07 Å². The number of nitriles is 1. The molecule has 1 unspecified atom stereocenters. The fourth-order valence-electron chi connectivity index (χ4n) is 4.11. The average Bonchev–Trinajstić information content (AvgIpc) is 3.40. The van der Waals surface area contributed by atoms with Crippen LogP contribution in [0.2, 0.25) is 0 Å². The van der Waals surface area contributed by atoms with Gasteiger partial charge in [-0.2, -0.15) is 5.26 Å². The molecule has 0 aromatic rings. The van der Waals surface area contributed by atoms with Gasteiger partial charge in [0.1, 0.15) is 5.54 Å². The fourth-order valence-corrected chi connectivity index (χ4v) is 4.11. The monoisotopic (exact) mass is 289 g/mol. The lowest BCUT2D eigenvalue weighted by Crippen LogP contribution is -2.57. The zero-order valence-electron chi connectivity index (χ0n) is 13.8. The molecule has 0 radical (unpaired) electrons. The maximum Gasteiger partial charge on any atom is 0.122 e. The first-order valence-corrected chi connectivity index (χ1v) is 9.06. The number of nitrogens with one attached hydrogen (secondary N) is 1. The maximum absolute atomic E-state index is 9.85. The van der Waals surface area contributed by atoms with Gasteiger partial charge in [0, 0.05) is 12.6 Å². The van der Waals surface area contributed by atoms with E-state index in [9.17, 15) is 5.26 Å². The van der Waals surface area contributed by atoms with Crippen LogP contribution in [0.15, 0.2) is 0 Å². The molecule has 0 aromatic heterocycles. The molecule has 0 spiro atoms. The molecule has 3 nitrogen and oxygen atoms in total. The van der Waals surface area contributed by atoms with Gasteiger partial charge in [-0.3, -0.25) is 5.32 Å². The zero-order chi connectivity index (χ0) is 14.9. The Morgan fingerprint density at radius 3 is 2.19 bits per heavy atom. The van der Waals surface area contributed by atoms with Crippen LogP contribution in [0.5, 0.6) is 0 Å².